The minimum absolute atomic E-state index is 0.778. The lowest BCUT2D eigenvalue weighted by atomic mass is 10.3. The summed E-state index contributed by atoms with van der Waals surface area (Å²) < 4.78 is 41.7. The maximum Gasteiger partial charge on any atom is 0.378 e. The predicted octanol–water partition coefficient (Wildman–Crippen LogP) is 1.72. The second-order valence-corrected chi connectivity index (χ2v) is 2.32. The molecule has 0 amide bonds. The van der Waals surface area contributed by atoms with Crippen molar-refractivity contribution in [3.63, 3.8) is 0 Å². The molecule has 0 fully saturated rings. The van der Waals surface area contributed by atoms with Crippen LogP contribution in [0.3, 0.4) is 0 Å². The lowest BCUT2D eigenvalue weighted by Gasteiger charge is -2.07. The Kier molecular flexibility index (Phi) is 2.95. The van der Waals surface area contributed by atoms with Gasteiger partial charge in [-0.1, -0.05) is 6.07 Å². The third-order valence-electron chi connectivity index (χ3n) is 1.34. The molecule has 76 valence electrons. The lowest BCUT2D eigenvalue weighted by Crippen LogP contribution is -2.22. The topological polar surface area (TPSA) is 46.5 Å². The first-order valence-corrected chi connectivity index (χ1v) is 3.50. The van der Waals surface area contributed by atoms with Crippen LogP contribution in [-0.4, -0.2) is 17.4 Å². The van der Waals surface area contributed by atoms with E-state index in [1.807, 2.05) is 0 Å². The largest absolute Gasteiger partial charge is 0.476 e. The molecule has 3 nitrogen and oxygen atoms in total. The fourth-order valence-corrected chi connectivity index (χ4v) is 0.737. The molecular formula is C8H5F3O3. The fourth-order valence-electron chi connectivity index (χ4n) is 0.737. The van der Waals surface area contributed by atoms with Crippen molar-refractivity contribution >= 4 is 5.97 Å². The molecule has 1 rings (SSSR count). The zero-order valence-corrected chi connectivity index (χ0v) is 6.71. The Morgan fingerprint density at radius 1 is 1.43 bits per heavy atom. The van der Waals surface area contributed by atoms with Crippen LogP contribution < -0.4 is 4.74 Å². The molecule has 1 atom stereocenters. The van der Waals surface area contributed by atoms with Crippen molar-refractivity contribution in [2.45, 2.75) is 6.36 Å². The van der Waals surface area contributed by atoms with Crippen LogP contribution in [0.4, 0.5) is 13.2 Å². The molecule has 14 heavy (non-hydrogen) atoms. The summed E-state index contributed by atoms with van der Waals surface area (Å²) in [6, 6.07) is 2.80. The maximum atomic E-state index is 12.8. The molecule has 1 unspecified atom stereocenters. The SMILES string of the molecule is O=C(O)C(F)Oc1cccc(F)c1F. The standard InChI is InChI=1S/C8H5F3O3/c9-4-2-1-3-5(6(4)10)14-7(11)8(12)13/h1-3,7H,(H,12,13). The Bertz CT molecular complexity index is 354. The van der Waals surface area contributed by atoms with Crippen LogP contribution in [0.25, 0.3) is 0 Å². The van der Waals surface area contributed by atoms with Gasteiger partial charge in [0.15, 0.2) is 11.6 Å². The predicted molar refractivity (Wildman–Crippen MR) is 39.5 cm³/mol. The maximum absolute atomic E-state index is 12.8. The van der Waals surface area contributed by atoms with Crippen molar-refractivity contribution in [1.29, 1.82) is 0 Å². The van der Waals surface area contributed by atoms with Crippen LogP contribution in [0.1, 0.15) is 0 Å². The van der Waals surface area contributed by atoms with Crippen LogP contribution in [0.15, 0.2) is 18.2 Å². The van der Waals surface area contributed by atoms with Gasteiger partial charge < -0.3 is 9.84 Å². The minimum atomic E-state index is -2.72. The summed E-state index contributed by atoms with van der Waals surface area (Å²) in [7, 11) is 0. The number of hydrogen-bond donors (Lipinski definition) is 1. The molecule has 0 saturated carbocycles. The van der Waals surface area contributed by atoms with Crippen LogP contribution >= 0.6 is 0 Å². The number of aliphatic carboxylic acids is 1. The molecule has 6 heteroatoms. The lowest BCUT2D eigenvalue weighted by molar-refractivity contribution is -0.153. The number of carboxylic acids is 1. The van der Waals surface area contributed by atoms with Crippen LogP contribution in [0.5, 0.6) is 5.75 Å². The van der Waals surface area contributed by atoms with Crippen LogP contribution in [0, 0.1) is 11.6 Å². The second-order valence-electron chi connectivity index (χ2n) is 2.32. The van der Waals surface area contributed by atoms with E-state index in [0.717, 1.165) is 18.2 Å². The first-order valence-electron chi connectivity index (χ1n) is 3.50. The van der Waals surface area contributed by atoms with Crippen molar-refractivity contribution in [3.05, 3.63) is 29.8 Å². The zero-order chi connectivity index (χ0) is 10.7. The molecule has 1 N–H and O–H groups in total. The van der Waals surface area contributed by atoms with Crippen molar-refractivity contribution in [2.75, 3.05) is 0 Å². The molecule has 0 radical (unpaired) electrons. The van der Waals surface area contributed by atoms with Crippen molar-refractivity contribution in [2.24, 2.45) is 0 Å². The van der Waals surface area contributed by atoms with Gasteiger partial charge in [0.2, 0.25) is 5.82 Å². The Hall–Kier alpha value is -1.72. The first-order chi connectivity index (χ1) is 6.52. The number of ether oxygens (including phenoxy) is 1. The molecule has 0 saturated heterocycles. The highest BCUT2D eigenvalue weighted by Gasteiger charge is 2.20. The molecule has 0 aliphatic heterocycles. The average molecular weight is 206 g/mol. The first kappa shape index (κ1) is 10.4. The third kappa shape index (κ3) is 2.15. The van der Waals surface area contributed by atoms with E-state index in [9.17, 15) is 18.0 Å². The number of hydrogen-bond acceptors (Lipinski definition) is 2. The van der Waals surface area contributed by atoms with E-state index in [1.54, 1.807) is 0 Å². The van der Waals surface area contributed by atoms with Crippen molar-refractivity contribution in [3.8, 4) is 5.75 Å². The molecule has 1 aromatic carbocycles. The van der Waals surface area contributed by atoms with E-state index in [0.29, 0.717) is 0 Å². The number of halogens is 3. The van der Waals surface area contributed by atoms with E-state index in [4.69, 9.17) is 5.11 Å². The van der Waals surface area contributed by atoms with Crippen molar-refractivity contribution < 1.29 is 27.8 Å². The van der Waals surface area contributed by atoms with Gasteiger partial charge in [0, 0.05) is 0 Å². The van der Waals surface area contributed by atoms with Gasteiger partial charge in [-0.15, -0.1) is 0 Å². The number of rotatable bonds is 3. The van der Waals surface area contributed by atoms with E-state index in [2.05, 4.69) is 4.74 Å². The molecular weight excluding hydrogens is 201 g/mol. The highest BCUT2D eigenvalue weighted by molar-refractivity contribution is 5.70. The summed E-state index contributed by atoms with van der Waals surface area (Å²) in [5.41, 5.74) is 0. The normalized spacial score (nSPS) is 12.2. The van der Waals surface area contributed by atoms with Gasteiger partial charge in [-0.2, -0.15) is 8.78 Å². The quantitative estimate of drug-likeness (QED) is 0.818. The highest BCUT2D eigenvalue weighted by Crippen LogP contribution is 2.20. The Labute approximate surface area is 76.7 Å². The number of carbonyl (C=O) groups is 1. The molecule has 1 aromatic rings. The number of benzene rings is 1. The molecule has 0 bridgehead atoms. The van der Waals surface area contributed by atoms with Crippen LogP contribution in [-0.2, 0) is 4.79 Å². The zero-order valence-electron chi connectivity index (χ0n) is 6.71. The smallest absolute Gasteiger partial charge is 0.378 e. The Balaban J connectivity index is 2.87. The average Bonchev–Trinajstić information content (AvgIpc) is 2.12. The summed E-state index contributed by atoms with van der Waals surface area (Å²) in [6.45, 7) is 0. The molecule has 0 heterocycles. The minimum Gasteiger partial charge on any atom is -0.476 e. The number of alkyl halides is 1. The van der Waals surface area contributed by atoms with E-state index in [-0.39, 0.29) is 0 Å². The van der Waals surface area contributed by atoms with Crippen molar-refractivity contribution in [1.82, 2.24) is 0 Å². The van der Waals surface area contributed by atoms with Gasteiger partial charge in [-0.05, 0) is 12.1 Å². The summed E-state index contributed by atoms with van der Waals surface area (Å²) in [5.74, 6) is -5.34. The molecule has 0 aliphatic carbocycles. The van der Waals surface area contributed by atoms with Gasteiger partial charge in [-0.25, -0.2) is 9.18 Å². The second kappa shape index (κ2) is 3.99. The monoisotopic (exact) mass is 206 g/mol. The van der Waals surface area contributed by atoms with E-state index in [1.165, 1.54) is 0 Å². The van der Waals surface area contributed by atoms with Gasteiger partial charge >= 0.3 is 12.3 Å². The fraction of sp³-hybridized carbons (Fsp3) is 0.125. The van der Waals surface area contributed by atoms with E-state index < -0.39 is 29.7 Å². The third-order valence-corrected chi connectivity index (χ3v) is 1.34. The molecule has 0 spiro atoms. The van der Waals surface area contributed by atoms with E-state index >= 15 is 0 Å². The van der Waals surface area contributed by atoms with Gasteiger partial charge in [-0.3, -0.25) is 0 Å². The number of carboxylic acid groups (broad SMARTS) is 1. The highest BCUT2D eigenvalue weighted by atomic mass is 19.2. The van der Waals surface area contributed by atoms with Gasteiger partial charge in [0.1, 0.15) is 0 Å². The molecule has 0 aromatic heterocycles. The Morgan fingerprint density at radius 3 is 2.64 bits per heavy atom. The molecule has 0 aliphatic rings. The summed E-state index contributed by atoms with van der Waals surface area (Å²) in [4.78, 5) is 9.98. The van der Waals surface area contributed by atoms with Crippen LogP contribution in [0.2, 0.25) is 0 Å². The summed E-state index contributed by atoms with van der Waals surface area (Å²) in [6.07, 6.45) is -2.72. The Morgan fingerprint density at radius 2 is 2.07 bits per heavy atom. The van der Waals surface area contributed by atoms with Gasteiger partial charge in [0.05, 0.1) is 0 Å². The summed E-state index contributed by atoms with van der Waals surface area (Å²) >= 11 is 0. The van der Waals surface area contributed by atoms with Gasteiger partial charge in [0.25, 0.3) is 0 Å². The summed E-state index contributed by atoms with van der Waals surface area (Å²) in [5, 5.41) is 8.09.